The van der Waals surface area contributed by atoms with Gasteiger partial charge in [0.15, 0.2) is 4.77 Å². The standard InChI is InChI=1S/C14H14N4S/c19-14-16-12-5-4-11(17-7-6-15-9-17)8-13(12)18(14)10-2-1-3-10/h4-10H,1-3H2,(H,16,19). The number of H-pyrrole nitrogens is 1. The third kappa shape index (κ3) is 1.65. The highest BCUT2D eigenvalue weighted by Gasteiger charge is 2.22. The molecule has 1 fully saturated rings. The molecule has 4 nitrogen and oxygen atoms in total. The molecule has 3 aromatic rings. The fourth-order valence-corrected chi connectivity index (χ4v) is 3.05. The molecule has 2 aromatic heterocycles. The maximum atomic E-state index is 5.46. The molecule has 19 heavy (non-hydrogen) atoms. The summed E-state index contributed by atoms with van der Waals surface area (Å²) in [4.78, 5) is 7.40. The zero-order valence-corrected chi connectivity index (χ0v) is 11.2. The molecule has 0 bridgehead atoms. The van der Waals surface area contributed by atoms with E-state index in [-0.39, 0.29) is 0 Å². The first-order valence-corrected chi connectivity index (χ1v) is 6.96. The Bertz CT molecular complexity index is 777. The van der Waals surface area contributed by atoms with Crippen molar-refractivity contribution in [1.82, 2.24) is 19.1 Å². The second-order valence-corrected chi connectivity index (χ2v) is 5.44. The Hall–Kier alpha value is -1.88. The van der Waals surface area contributed by atoms with Crippen LogP contribution in [-0.4, -0.2) is 19.1 Å². The summed E-state index contributed by atoms with van der Waals surface area (Å²) in [7, 11) is 0. The smallest absolute Gasteiger partial charge is 0.178 e. The zero-order valence-electron chi connectivity index (χ0n) is 10.4. The van der Waals surface area contributed by atoms with E-state index < -0.39 is 0 Å². The minimum Gasteiger partial charge on any atom is -0.331 e. The van der Waals surface area contributed by atoms with E-state index in [1.807, 2.05) is 17.1 Å². The first kappa shape index (κ1) is 11.0. The van der Waals surface area contributed by atoms with Crippen molar-refractivity contribution < 1.29 is 0 Å². The van der Waals surface area contributed by atoms with Gasteiger partial charge < -0.3 is 14.1 Å². The molecule has 1 N–H and O–H groups in total. The highest BCUT2D eigenvalue weighted by Crippen LogP contribution is 2.34. The second kappa shape index (κ2) is 4.06. The van der Waals surface area contributed by atoms with Gasteiger partial charge in [-0.1, -0.05) is 0 Å². The van der Waals surface area contributed by atoms with Crippen molar-refractivity contribution in [2.45, 2.75) is 25.3 Å². The number of nitrogens with zero attached hydrogens (tertiary/aromatic N) is 3. The van der Waals surface area contributed by atoms with Crippen molar-refractivity contribution >= 4 is 23.3 Å². The van der Waals surface area contributed by atoms with Crippen LogP contribution in [0.1, 0.15) is 25.3 Å². The average Bonchev–Trinajstić information content (AvgIpc) is 2.96. The molecule has 2 heterocycles. The summed E-state index contributed by atoms with van der Waals surface area (Å²) in [6.07, 6.45) is 9.33. The Morgan fingerprint density at radius 2 is 2.21 bits per heavy atom. The maximum Gasteiger partial charge on any atom is 0.178 e. The van der Waals surface area contributed by atoms with E-state index in [0.29, 0.717) is 6.04 Å². The monoisotopic (exact) mass is 270 g/mol. The van der Waals surface area contributed by atoms with Gasteiger partial charge in [0, 0.05) is 24.1 Å². The van der Waals surface area contributed by atoms with E-state index in [4.69, 9.17) is 12.2 Å². The number of aromatic nitrogens is 4. The Kier molecular flexibility index (Phi) is 2.35. The molecule has 96 valence electrons. The second-order valence-electron chi connectivity index (χ2n) is 5.06. The van der Waals surface area contributed by atoms with E-state index in [2.05, 4.69) is 32.7 Å². The molecule has 0 radical (unpaired) electrons. The van der Waals surface area contributed by atoms with Crippen LogP contribution in [0, 0.1) is 4.77 Å². The minimum atomic E-state index is 0.569. The number of benzene rings is 1. The molecule has 1 saturated carbocycles. The Morgan fingerprint density at radius 3 is 2.89 bits per heavy atom. The van der Waals surface area contributed by atoms with Crippen LogP contribution in [0.25, 0.3) is 16.7 Å². The van der Waals surface area contributed by atoms with Crippen LogP contribution in [-0.2, 0) is 0 Å². The third-order valence-electron chi connectivity index (χ3n) is 3.94. The number of fused-ring (bicyclic) bond motifs is 1. The van der Waals surface area contributed by atoms with Gasteiger partial charge in [0.2, 0.25) is 0 Å². The SMILES string of the molecule is S=c1[nH]c2ccc(-n3ccnc3)cc2n1C1CCC1. The highest BCUT2D eigenvalue weighted by atomic mass is 32.1. The number of nitrogens with one attached hydrogen (secondary N) is 1. The van der Waals surface area contributed by atoms with Crippen LogP contribution in [0.5, 0.6) is 0 Å². The number of imidazole rings is 2. The van der Waals surface area contributed by atoms with Crippen molar-refractivity contribution in [3.63, 3.8) is 0 Å². The molecule has 0 amide bonds. The summed E-state index contributed by atoms with van der Waals surface area (Å²) in [5.74, 6) is 0. The molecule has 0 saturated heterocycles. The number of hydrogen-bond acceptors (Lipinski definition) is 2. The highest BCUT2D eigenvalue weighted by molar-refractivity contribution is 7.71. The van der Waals surface area contributed by atoms with Crippen LogP contribution in [0.3, 0.4) is 0 Å². The van der Waals surface area contributed by atoms with Crippen molar-refractivity contribution in [1.29, 1.82) is 0 Å². The fourth-order valence-electron chi connectivity index (χ4n) is 2.69. The van der Waals surface area contributed by atoms with Gasteiger partial charge in [-0.05, 0) is 49.7 Å². The third-order valence-corrected chi connectivity index (χ3v) is 4.24. The lowest BCUT2D eigenvalue weighted by Gasteiger charge is -2.27. The van der Waals surface area contributed by atoms with Crippen LogP contribution in [0.2, 0.25) is 0 Å². The molecule has 4 rings (SSSR count). The first-order chi connectivity index (χ1) is 9.33. The molecule has 1 aliphatic rings. The van der Waals surface area contributed by atoms with E-state index in [1.165, 1.54) is 24.8 Å². The summed E-state index contributed by atoms with van der Waals surface area (Å²) in [5, 5.41) is 0. The van der Waals surface area contributed by atoms with Gasteiger partial charge in [-0.3, -0.25) is 0 Å². The fraction of sp³-hybridized carbons (Fsp3) is 0.286. The van der Waals surface area contributed by atoms with Gasteiger partial charge >= 0.3 is 0 Å². The number of hydrogen-bond donors (Lipinski definition) is 1. The van der Waals surface area contributed by atoms with E-state index in [0.717, 1.165) is 16.0 Å². The molecule has 0 aliphatic heterocycles. The summed E-state index contributed by atoms with van der Waals surface area (Å²) in [5.41, 5.74) is 3.42. The summed E-state index contributed by atoms with van der Waals surface area (Å²) in [6.45, 7) is 0. The summed E-state index contributed by atoms with van der Waals surface area (Å²) >= 11 is 5.46. The lowest BCUT2D eigenvalue weighted by atomic mass is 9.93. The van der Waals surface area contributed by atoms with E-state index >= 15 is 0 Å². The zero-order chi connectivity index (χ0) is 12.8. The van der Waals surface area contributed by atoms with Crippen LogP contribution in [0.15, 0.2) is 36.9 Å². The van der Waals surface area contributed by atoms with Crippen LogP contribution >= 0.6 is 12.2 Å². The first-order valence-electron chi connectivity index (χ1n) is 6.55. The lowest BCUT2D eigenvalue weighted by Crippen LogP contribution is -2.16. The molecule has 0 spiro atoms. The molecule has 1 aromatic carbocycles. The largest absolute Gasteiger partial charge is 0.331 e. The Labute approximate surface area is 115 Å². The maximum absolute atomic E-state index is 5.46. The predicted molar refractivity (Wildman–Crippen MR) is 77.1 cm³/mol. The van der Waals surface area contributed by atoms with Crippen molar-refractivity contribution in [3.8, 4) is 5.69 Å². The molecular formula is C14H14N4S. The molecule has 0 unspecified atom stereocenters. The quantitative estimate of drug-likeness (QED) is 0.722. The summed E-state index contributed by atoms with van der Waals surface area (Å²) in [6, 6.07) is 6.93. The minimum absolute atomic E-state index is 0.569. The van der Waals surface area contributed by atoms with Gasteiger partial charge in [0.1, 0.15) is 0 Å². The van der Waals surface area contributed by atoms with Crippen LogP contribution < -0.4 is 0 Å². The Morgan fingerprint density at radius 1 is 1.32 bits per heavy atom. The predicted octanol–water partition coefficient (Wildman–Crippen LogP) is 3.61. The van der Waals surface area contributed by atoms with Crippen molar-refractivity contribution in [3.05, 3.63) is 41.7 Å². The molecule has 0 atom stereocenters. The van der Waals surface area contributed by atoms with Gasteiger partial charge in [-0.2, -0.15) is 0 Å². The van der Waals surface area contributed by atoms with Gasteiger partial charge in [-0.25, -0.2) is 4.98 Å². The van der Waals surface area contributed by atoms with E-state index in [9.17, 15) is 0 Å². The van der Waals surface area contributed by atoms with Crippen molar-refractivity contribution in [2.75, 3.05) is 0 Å². The normalized spacial score (nSPS) is 15.8. The molecule has 5 heteroatoms. The van der Waals surface area contributed by atoms with Gasteiger partial charge in [-0.15, -0.1) is 0 Å². The Balaban J connectivity index is 1.94. The molecular weight excluding hydrogens is 256 g/mol. The lowest BCUT2D eigenvalue weighted by molar-refractivity contribution is 0.318. The number of aromatic amines is 1. The van der Waals surface area contributed by atoms with E-state index in [1.54, 1.807) is 6.20 Å². The van der Waals surface area contributed by atoms with Gasteiger partial charge in [0.25, 0.3) is 0 Å². The topological polar surface area (TPSA) is 38.5 Å². The van der Waals surface area contributed by atoms with Crippen molar-refractivity contribution in [2.24, 2.45) is 0 Å². The molecule has 1 aliphatic carbocycles. The van der Waals surface area contributed by atoms with Crippen LogP contribution in [0.4, 0.5) is 0 Å². The average molecular weight is 270 g/mol. The van der Waals surface area contributed by atoms with Gasteiger partial charge in [0.05, 0.1) is 17.4 Å². The number of rotatable bonds is 2. The summed E-state index contributed by atoms with van der Waals surface area (Å²) < 4.78 is 5.12.